The molecule has 0 aliphatic rings. The van der Waals surface area contributed by atoms with Crippen molar-refractivity contribution in [2.24, 2.45) is 5.10 Å². The minimum absolute atomic E-state index is 0.00386. The lowest BCUT2D eigenvalue weighted by molar-refractivity contribution is -0.121. The minimum atomic E-state index is -0.538. The first-order chi connectivity index (χ1) is 19.0. The first-order valence-electron chi connectivity index (χ1n) is 12.3. The summed E-state index contributed by atoms with van der Waals surface area (Å²) in [6.45, 7) is 0.182. The van der Waals surface area contributed by atoms with Gasteiger partial charge in [0.2, 0.25) is 5.91 Å². The van der Waals surface area contributed by atoms with Gasteiger partial charge in [0.15, 0.2) is 11.5 Å². The van der Waals surface area contributed by atoms with Gasteiger partial charge in [-0.2, -0.15) is 5.10 Å². The molecule has 198 valence electrons. The third-order valence-corrected chi connectivity index (χ3v) is 5.81. The molecule has 0 aliphatic heterocycles. The molecule has 1 atom stereocenters. The third kappa shape index (κ3) is 8.00. The van der Waals surface area contributed by atoms with Crippen molar-refractivity contribution in [1.82, 2.24) is 10.7 Å². The second kappa shape index (κ2) is 13.5. The zero-order valence-electron chi connectivity index (χ0n) is 21.3. The predicted octanol–water partition coefficient (Wildman–Crippen LogP) is 5.42. The Kier molecular flexibility index (Phi) is 9.39. The molecule has 4 rings (SSSR count). The maximum Gasteiger partial charge on any atom is 0.251 e. The normalized spacial score (nSPS) is 11.5. The Labute approximate surface area is 226 Å². The number of benzene rings is 4. The summed E-state index contributed by atoms with van der Waals surface area (Å²) in [6.07, 6.45) is 1.48. The Morgan fingerprint density at radius 1 is 0.897 bits per heavy atom. The number of hydrogen-bond acceptors (Lipinski definition) is 5. The maximum atomic E-state index is 13.4. The summed E-state index contributed by atoms with van der Waals surface area (Å²) in [5.41, 5.74) is 5.20. The second-order valence-corrected chi connectivity index (χ2v) is 8.63. The van der Waals surface area contributed by atoms with E-state index >= 15 is 0 Å². The molecule has 39 heavy (non-hydrogen) atoms. The molecule has 0 unspecified atom stereocenters. The summed E-state index contributed by atoms with van der Waals surface area (Å²) in [4.78, 5) is 25.4. The minimum Gasteiger partial charge on any atom is -0.493 e. The molecule has 0 bridgehead atoms. The Morgan fingerprint density at radius 2 is 1.64 bits per heavy atom. The van der Waals surface area contributed by atoms with Crippen LogP contribution in [0.1, 0.15) is 39.5 Å². The van der Waals surface area contributed by atoms with E-state index in [2.05, 4.69) is 15.8 Å². The highest BCUT2D eigenvalue weighted by molar-refractivity contribution is 5.94. The lowest BCUT2D eigenvalue weighted by Gasteiger charge is -2.18. The van der Waals surface area contributed by atoms with Crippen LogP contribution < -0.4 is 20.2 Å². The van der Waals surface area contributed by atoms with Crippen LogP contribution >= 0.6 is 0 Å². The molecule has 0 aromatic heterocycles. The van der Waals surface area contributed by atoms with Gasteiger partial charge >= 0.3 is 0 Å². The summed E-state index contributed by atoms with van der Waals surface area (Å²) in [5.74, 6) is -0.00868. The van der Waals surface area contributed by atoms with Crippen LogP contribution in [-0.4, -0.2) is 25.1 Å². The van der Waals surface area contributed by atoms with Gasteiger partial charge in [0, 0.05) is 5.56 Å². The van der Waals surface area contributed by atoms with Gasteiger partial charge in [-0.1, -0.05) is 60.7 Å². The lowest BCUT2D eigenvalue weighted by Crippen LogP contribution is -2.32. The van der Waals surface area contributed by atoms with Gasteiger partial charge in [0.25, 0.3) is 5.91 Å². The molecule has 2 amide bonds. The van der Waals surface area contributed by atoms with Gasteiger partial charge in [-0.05, 0) is 59.2 Å². The fraction of sp³-hybridized carbons (Fsp3) is 0.129. The first kappa shape index (κ1) is 27.1. The summed E-state index contributed by atoms with van der Waals surface area (Å²) in [6, 6.07) is 28.9. The van der Waals surface area contributed by atoms with E-state index in [0.29, 0.717) is 28.2 Å². The molecule has 0 heterocycles. The van der Waals surface area contributed by atoms with Crippen LogP contribution in [0.15, 0.2) is 108 Å². The van der Waals surface area contributed by atoms with E-state index in [1.54, 1.807) is 54.6 Å². The fourth-order valence-electron chi connectivity index (χ4n) is 3.85. The molecule has 0 radical (unpaired) electrons. The quantitative estimate of drug-likeness (QED) is 0.202. The summed E-state index contributed by atoms with van der Waals surface area (Å²) in [7, 11) is 1.51. The highest BCUT2D eigenvalue weighted by Crippen LogP contribution is 2.28. The second-order valence-electron chi connectivity index (χ2n) is 8.63. The standard InChI is InChI=1S/C31H28FN3O4/c1-38-29-18-22(15-16-28(29)39-21-23-9-8-14-26(32)17-23)20-33-35-30(36)19-27(24-10-4-2-5-11-24)34-31(37)25-12-6-3-7-13-25/h2-18,20,27H,19,21H2,1H3,(H,34,37)(H,35,36)/b33-20-/t27-/m0/s1. The molecule has 7 nitrogen and oxygen atoms in total. The van der Waals surface area contributed by atoms with E-state index in [4.69, 9.17) is 9.47 Å². The van der Waals surface area contributed by atoms with Gasteiger partial charge in [-0.25, -0.2) is 9.82 Å². The summed E-state index contributed by atoms with van der Waals surface area (Å²) >= 11 is 0. The van der Waals surface area contributed by atoms with Crippen molar-refractivity contribution in [3.8, 4) is 11.5 Å². The highest BCUT2D eigenvalue weighted by Gasteiger charge is 2.19. The van der Waals surface area contributed by atoms with Crippen LogP contribution in [0.25, 0.3) is 0 Å². The molecule has 4 aromatic rings. The van der Waals surface area contributed by atoms with Crippen molar-refractivity contribution >= 4 is 18.0 Å². The van der Waals surface area contributed by atoms with Crippen molar-refractivity contribution in [2.45, 2.75) is 19.1 Å². The van der Waals surface area contributed by atoms with Crippen molar-refractivity contribution in [3.05, 3.63) is 131 Å². The monoisotopic (exact) mass is 525 g/mol. The van der Waals surface area contributed by atoms with Gasteiger partial charge in [-0.15, -0.1) is 0 Å². The van der Waals surface area contributed by atoms with Crippen LogP contribution in [0, 0.1) is 5.82 Å². The Morgan fingerprint density at radius 3 is 2.36 bits per heavy atom. The highest BCUT2D eigenvalue weighted by atomic mass is 19.1. The molecule has 4 aromatic carbocycles. The number of hydrogen-bond donors (Lipinski definition) is 2. The predicted molar refractivity (Wildman–Crippen MR) is 147 cm³/mol. The van der Waals surface area contributed by atoms with Crippen molar-refractivity contribution in [1.29, 1.82) is 0 Å². The largest absolute Gasteiger partial charge is 0.493 e. The van der Waals surface area contributed by atoms with Crippen molar-refractivity contribution in [3.63, 3.8) is 0 Å². The summed E-state index contributed by atoms with van der Waals surface area (Å²) < 4.78 is 24.6. The van der Waals surface area contributed by atoms with Crippen LogP contribution in [0.5, 0.6) is 11.5 Å². The number of ether oxygens (including phenoxy) is 2. The Hall–Kier alpha value is -4.98. The van der Waals surface area contributed by atoms with E-state index < -0.39 is 6.04 Å². The van der Waals surface area contributed by atoms with E-state index in [-0.39, 0.29) is 30.7 Å². The van der Waals surface area contributed by atoms with E-state index in [0.717, 1.165) is 5.56 Å². The maximum absolute atomic E-state index is 13.4. The number of nitrogens with zero attached hydrogens (tertiary/aromatic N) is 1. The molecule has 8 heteroatoms. The topological polar surface area (TPSA) is 89.0 Å². The molecule has 0 saturated heterocycles. The average molecular weight is 526 g/mol. The number of nitrogens with one attached hydrogen (secondary N) is 2. The number of hydrazone groups is 1. The lowest BCUT2D eigenvalue weighted by atomic mass is 10.0. The van der Waals surface area contributed by atoms with Crippen LogP contribution in [0.4, 0.5) is 4.39 Å². The average Bonchev–Trinajstić information content (AvgIpc) is 2.97. The fourth-order valence-corrected chi connectivity index (χ4v) is 3.85. The van der Waals surface area contributed by atoms with Gasteiger partial charge < -0.3 is 14.8 Å². The smallest absolute Gasteiger partial charge is 0.251 e. The van der Waals surface area contributed by atoms with E-state index in [9.17, 15) is 14.0 Å². The zero-order valence-corrected chi connectivity index (χ0v) is 21.3. The van der Waals surface area contributed by atoms with Gasteiger partial charge in [0.05, 0.1) is 25.8 Å². The SMILES string of the molecule is COc1cc(/C=N\NC(=O)C[C@H](NC(=O)c2ccccc2)c2ccccc2)ccc1OCc1cccc(F)c1. The molecule has 0 aliphatic carbocycles. The molecular weight excluding hydrogens is 497 g/mol. The van der Waals surface area contributed by atoms with Gasteiger partial charge in [0.1, 0.15) is 12.4 Å². The summed E-state index contributed by atoms with van der Waals surface area (Å²) in [5, 5.41) is 6.99. The van der Waals surface area contributed by atoms with Crippen molar-refractivity contribution < 1.29 is 23.5 Å². The Balaban J connectivity index is 1.37. The van der Waals surface area contributed by atoms with Crippen LogP contribution in [0.3, 0.4) is 0 Å². The Bertz CT molecular complexity index is 1430. The van der Waals surface area contributed by atoms with Crippen molar-refractivity contribution in [2.75, 3.05) is 7.11 Å². The molecule has 0 spiro atoms. The number of carbonyl (C=O) groups is 2. The number of rotatable bonds is 11. The van der Waals surface area contributed by atoms with Gasteiger partial charge in [-0.3, -0.25) is 9.59 Å². The van der Waals surface area contributed by atoms with E-state index in [1.165, 1.54) is 25.5 Å². The number of amides is 2. The molecule has 0 fully saturated rings. The zero-order chi connectivity index (χ0) is 27.5. The van der Waals surface area contributed by atoms with Crippen LogP contribution in [0.2, 0.25) is 0 Å². The number of halogens is 1. The number of methoxy groups -OCH3 is 1. The first-order valence-corrected chi connectivity index (χ1v) is 12.3. The molecule has 0 saturated carbocycles. The third-order valence-electron chi connectivity index (χ3n) is 5.81. The molecule has 2 N–H and O–H groups in total. The number of carbonyl (C=O) groups excluding carboxylic acids is 2. The van der Waals surface area contributed by atoms with E-state index in [1.807, 2.05) is 36.4 Å². The van der Waals surface area contributed by atoms with Crippen LogP contribution in [-0.2, 0) is 11.4 Å². The molecular formula is C31H28FN3O4.